The lowest BCUT2D eigenvalue weighted by Crippen LogP contribution is -2.46. The minimum Gasteiger partial charge on any atom is -0.487 e. The van der Waals surface area contributed by atoms with Crippen molar-refractivity contribution in [1.82, 2.24) is 14.9 Å². The molecule has 1 fully saturated rings. The molecule has 2 aromatic heterocycles. The quantitative estimate of drug-likeness (QED) is 0.302. The molecule has 6 nitrogen and oxygen atoms in total. The minimum atomic E-state index is 0.281. The highest BCUT2D eigenvalue weighted by Crippen LogP contribution is 2.17. The average molecular weight is 441 g/mol. The van der Waals surface area contributed by atoms with E-state index in [2.05, 4.69) is 37.7 Å². The van der Waals surface area contributed by atoms with Gasteiger partial charge in [-0.3, -0.25) is 9.69 Å². The van der Waals surface area contributed by atoms with Gasteiger partial charge in [-0.05, 0) is 48.7 Å². The zero-order chi connectivity index (χ0) is 22.7. The summed E-state index contributed by atoms with van der Waals surface area (Å²) in [5, 5.41) is 0. The lowest BCUT2D eigenvalue weighted by Gasteiger charge is -2.35. The van der Waals surface area contributed by atoms with Crippen LogP contribution in [0, 0.1) is 11.8 Å². The number of piperazine rings is 1. The van der Waals surface area contributed by atoms with E-state index in [0.29, 0.717) is 18.1 Å². The Hall–Kier alpha value is -3.69. The predicted octanol–water partition coefficient (Wildman–Crippen LogP) is 3.82. The van der Waals surface area contributed by atoms with Crippen LogP contribution in [0.25, 0.3) is 0 Å². The van der Waals surface area contributed by atoms with Gasteiger partial charge in [-0.2, -0.15) is 0 Å². The van der Waals surface area contributed by atoms with Gasteiger partial charge in [0, 0.05) is 38.8 Å². The van der Waals surface area contributed by atoms with E-state index < -0.39 is 0 Å². The van der Waals surface area contributed by atoms with Gasteiger partial charge in [-0.25, -0.2) is 9.97 Å². The number of ether oxygens (including phenoxy) is 1. The maximum Gasteiger partial charge on any atom is 0.172 e. The minimum absolute atomic E-state index is 0.281. The monoisotopic (exact) mass is 440 g/mol. The van der Waals surface area contributed by atoms with Crippen molar-refractivity contribution >= 4 is 12.1 Å². The van der Waals surface area contributed by atoms with E-state index in [1.807, 2.05) is 48.7 Å². The Morgan fingerprint density at radius 2 is 1.79 bits per heavy atom. The Balaban J connectivity index is 1.21. The van der Waals surface area contributed by atoms with Gasteiger partial charge < -0.3 is 9.64 Å². The summed E-state index contributed by atoms with van der Waals surface area (Å²) >= 11 is 0. The van der Waals surface area contributed by atoms with Crippen LogP contribution in [0.2, 0.25) is 0 Å². The van der Waals surface area contributed by atoms with E-state index in [-0.39, 0.29) is 5.69 Å². The summed E-state index contributed by atoms with van der Waals surface area (Å²) in [6, 6.07) is 19.5. The van der Waals surface area contributed by atoms with E-state index in [0.717, 1.165) is 63.2 Å². The molecule has 3 aromatic rings. The lowest BCUT2D eigenvalue weighted by molar-refractivity contribution is 0.111. The number of rotatable bonds is 8. The number of pyridine rings is 2. The Morgan fingerprint density at radius 3 is 2.55 bits per heavy atom. The summed E-state index contributed by atoms with van der Waals surface area (Å²) < 4.78 is 5.76. The first-order valence-electron chi connectivity index (χ1n) is 11.3. The summed E-state index contributed by atoms with van der Waals surface area (Å²) in [5.74, 6) is 7.80. The van der Waals surface area contributed by atoms with Gasteiger partial charge in [0.05, 0.1) is 0 Å². The van der Waals surface area contributed by atoms with E-state index in [1.54, 1.807) is 12.1 Å². The van der Waals surface area contributed by atoms with E-state index in [9.17, 15) is 4.79 Å². The fraction of sp³-hybridized carbons (Fsp3) is 0.296. The van der Waals surface area contributed by atoms with Crippen LogP contribution in [0.5, 0.6) is 5.75 Å². The Morgan fingerprint density at radius 1 is 0.970 bits per heavy atom. The number of hydrogen-bond donors (Lipinski definition) is 0. The van der Waals surface area contributed by atoms with Gasteiger partial charge in [0.25, 0.3) is 0 Å². The standard InChI is InChI=1S/C27H28N4O2/c32-21-25-26(33-22-23-9-3-1-4-10-23)14-13-24(29-25)11-5-2-8-16-30-17-19-31(20-18-30)27-12-6-7-15-28-27/h1,3-4,6-7,9-10,12-15,21H,2,8,16-20,22H2. The van der Waals surface area contributed by atoms with Gasteiger partial charge in [-0.15, -0.1) is 0 Å². The fourth-order valence-electron chi connectivity index (χ4n) is 3.76. The number of aromatic nitrogens is 2. The number of carbonyl (C=O) groups excluding carboxylic acids is 1. The molecule has 0 atom stereocenters. The third-order valence-corrected chi connectivity index (χ3v) is 5.57. The van der Waals surface area contributed by atoms with Crippen molar-refractivity contribution in [2.24, 2.45) is 0 Å². The fourth-order valence-corrected chi connectivity index (χ4v) is 3.76. The van der Waals surface area contributed by atoms with Crippen LogP contribution in [-0.2, 0) is 6.61 Å². The number of aldehydes is 1. The summed E-state index contributed by atoms with van der Waals surface area (Å²) in [6.45, 7) is 5.51. The molecular formula is C27H28N4O2. The van der Waals surface area contributed by atoms with E-state index >= 15 is 0 Å². The topological polar surface area (TPSA) is 58.6 Å². The first-order valence-corrected chi connectivity index (χ1v) is 11.3. The highest BCUT2D eigenvalue weighted by molar-refractivity contribution is 5.76. The van der Waals surface area contributed by atoms with Crippen molar-refractivity contribution in [2.75, 3.05) is 37.6 Å². The molecule has 3 heterocycles. The normalized spacial score (nSPS) is 13.8. The SMILES string of the molecule is O=Cc1nc(C#CCCCN2CCN(c3ccccn3)CC2)ccc1OCc1ccccc1. The molecule has 4 rings (SSSR count). The molecule has 0 bridgehead atoms. The molecule has 0 spiro atoms. The van der Waals surface area contributed by atoms with Gasteiger partial charge >= 0.3 is 0 Å². The van der Waals surface area contributed by atoms with Crippen LogP contribution >= 0.6 is 0 Å². The molecule has 1 aliphatic heterocycles. The number of carbonyl (C=O) groups is 1. The summed E-state index contributed by atoms with van der Waals surface area (Å²) in [7, 11) is 0. The first kappa shape index (κ1) is 22.5. The van der Waals surface area contributed by atoms with Crippen LogP contribution in [0.15, 0.2) is 66.9 Å². The molecule has 1 aliphatic rings. The van der Waals surface area contributed by atoms with Crippen LogP contribution in [0.1, 0.15) is 34.6 Å². The maximum absolute atomic E-state index is 11.5. The zero-order valence-electron chi connectivity index (χ0n) is 18.7. The molecule has 0 saturated carbocycles. The predicted molar refractivity (Wildman–Crippen MR) is 129 cm³/mol. The second-order valence-corrected chi connectivity index (χ2v) is 7.89. The van der Waals surface area contributed by atoms with Crippen LogP contribution < -0.4 is 9.64 Å². The van der Waals surface area contributed by atoms with Crippen molar-refractivity contribution in [1.29, 1.82) is 0 Å². The molecule has 1 saturated heterocycles. The largest absolute Gasteiger partial charge is 0.487 e. The van der Waals surface area contributed by atoms with Crippen molar-refractivity contribution in [3.8, 4) is 17.6 Å². The molecular weight excluding hydrogens is 412 g/mol. The van der Waals surface area contributed by atoms with Gasteiger partial charge in [0.15, 0.2) is 6.29 Å². The van der Waals surface area contributed by atoms with E-state index in [4.69, 9.17) is 4.74 Å². The van der Waals surface area contributed by atoms with Crippen LogP contribution in [0.3, 0.4) is 0 Å². The summed E-state index contributed by atoms with van der Waals surface area (Å²) in [6.07, 6.45) is 4.37. The molecule has 6 heteroatoms. The Labute approximate surface area is 195 Å². The van der Waals surface area contributed by atoms with Crippen molar-refractivity contribution in [3.63, 3.8) is 0 Å². The van der Waals surface area contributed by atoms with Gasteiger partial charge in [0.1, 0.15) is 29.6 Å². The third kappa shape index (κ3) is 6.64. The zero-order valence-corrected chi connectivity index (χ0v) is 18.7. The van der Waals surface area contributed by atoms with Crippen LogP contribution in [0.4, 0.5) is 5.82 Å². The number of hydrogen-bond acceptors (Lipinski definition) is 6. The number of unbranched alkanes of at least 4 members (excludes halogenated alkanes) is 1. The van der Waals surface area contributed by atoms with Crippen molar-refractivity contribution in [3.05, 3.63) is 83.8 Å². The van der Waals surface area contributed by atoms with E-state index in [1.165, 1.54) is 0 Å². The molecule has 0 unspecified atom stereocenters. The molecule has 0 amide bonds. The second kappa shape index (κ2) is 11.8. The number of benzene rings is 1. The van der Waals surface area contributed by atoms with Gasteiger partial charge in [0.2, 0.25) is 0 Å². The number of nitrogens with zero attached hydrogens (tertiary/aromatic N) is 4. The molecule has 0 N–H and O–H groups in total. The van der Waals surface area contributed by atoms with Crippen molar-refractivity contribution in [2.45, 2.75) is 19.4 Å². The third-order valence-electron chi connectivity index (χ3n) is 5.57. The highest BCUT2D eigenvalue weighted by Gasteiger charge is 2.17. The molecule has 1 aromatic carbocycles. The maximum atomic E-state index is 11.5. The lowest BCUT2D eigenvalue weighted by atomic mass is 10.2. The average Bonchev–Trinajstić information content (AvgIpc) is 2.89. The number of anilines is 1. The summed E-state index contributed by atoms with van der Waals surface area (Å²) in [4.78, 5) is 25.0. The summed E-state index contributed by atoms with van der Waals surface area (Å²) in [5.41, 5.74) is 1.91. The smallest absolute Gasteiger partial charge is 0.172 e. The highest BCUT2D eigenvalue weighted by atomic mass is 16.5. The Kier molecular flexibility index (Phi) is 8.04. The van der Waals surface area contributed by atoms with Crippen molar-refractivity contribution < 1.29 is 9.53 Å². The molecule has 168 valence electrons. The molecule has 33 heavy (non-hydrogen) atoms. The molecule has 0 radical (unpaired) electrons. The Bertz CT molecular complexity index is 1090. The molecule has 0 aliphatic carbocycles. The second-order valence-electron chi connectivity index (χ2n) is 7.89. The van der Waals surface area contributed by atoms with Gasteiger partial charge in [-0.1, -0.05) is 42.3 Å². The van der Waals surface area contributed by atoms with Crippen LogP contribution in [-0.4, -0.2) is 53.9 Å². The first-order chi connectivity index (χ1) is 16.3.